The Bertz CT molecular complexity index is 1210. The van der Waals surface area contributed by atoms with E-state index in [0.717, 1.165) is 37.9 Å². The van der Waals surface area contributed by atoms with E-state index in [-0.39, 0.29) is 10.8 Å². The van der Waals surface area contributed by atoms with Gasteiger partial charge in [-0.2, -0.15) is 4.31 Å². The van der Waals surface area contributed by atoms with Gasteiger partial charge in [0, 0.05) is 23.7 Å². The third-order valence-electron chi connectivity index (χ3n) is 4.40. The van der Waals surface area contributed by atoms with E-state index in [2.05, 4.69) is 5.32 Å². The van der Waals surface area contributed by atoms with E-state index in [9.17, 15) is 13.2 Å². The molecule has 1 amide bonds. The van der Waals surface area contributed by atoms with E-state index in [1.165, 1.54) is 13.1 Å². The third-order valence-corrected chi connectivity index (χ3v) is 7.58. The normalized spacial score (nSPS) is 11.8. The second-order valence-corrected chi connectivity index (χ2v) is 9.69. The van der Waals surface area contributed by atoms with Crippen LogP contribution in [0.5, 0.6) is 0 Å². The smallest absolute Gasteiger partial charge is 0.252 e. The van der Waals surface area contributed by atoms with Crippen molar-refractivity contribution >= 4 is 43.9 Å². The van der Waals surface area contributed by atoms with Crippen LogP contribution in [-0.4, -0.2) is 32.2 Å². The summed E-state index contributed by atoms with van der Waals surface area (Å²) in [6.45, 7) is -0.272. The Morgan fingerprint density at radius 1 is 1.07 bits per heavy atom. The second kappa shape index (κ2) is 7.82. The van der Waals surface area contributed by atoms with Gasteiger partial charge in [0.05, 0.1) is 6.54 Å². The van der Waals surface area contributed by atoms with Crippen LogP contribution in [-0.2, 0) is 14.8 Å². The molecule has 1 N–H and O–H groups in total. The van der Waals surface area contributed by atoms with Gasteiger partial charge in [-0.15, -0.1) is 11.3 Å². The summed E-state index contributed by atoms with van der Waals surface area (Å²) in [5, 5.41) is 5.43. The largest absolute Gasteiger partial charge is 0.456 e. The van der Waals surface area contributed by atoms with E-state index in [1.807, 2.05) is 42.5 Å². The highest BCUT2D eigenvalue weighted by atomic mass is 32.2. The number of carbonyl (C=O) groups is 1. The van der Waals surface area contributed by atoms with Crippen LogP contribution in [0.3, 0.4) is 0 Å². The number of rotatable bonds is 6. The quantitative estimate of drug-likeness (QED) is 0.495. The van der Waals surface area contributed by atoms with E-state index in [1.54, 1.807) is 23.6 Å². The number of hydrogen-bond donors (Lipinski definition) is 1. The Kier molecular flexibility index (Phi) is 5.23. The van der Waals surface area contributed by atoms with Crippen LogP contribution in [0.4, 0.5) is 5.69 Å². The van der Waals surface area contributed by atoms with E-state index in [0.29, 0.717) is 5.69 Å². The van der Waals surface area contributed by atoms with Crippen LogP contribution in [0.25, 0.3) is 22.3 Å². The molecule has 0 saturated heterocycles. The zero-order valence-corrected chi connectivity index (χ0v) is 17.2. The van der Waals surface area contributed by atoms with Gasteiger partial charge in [0.2, 0.25) is 5.91 Å². The molecule has 0 unspecified atom stereocenters. The van der Waals surface area contributed by atoms with Gasteiger partial charge in [0.15, 0.2) is 0 Å². The number of carbonyl (C=O) groups excluding carboxylic acids is 1. The van der Waals surface area contributed by atoms with Gasteiger partial charge < -0.3 is 9.73 Å². The predicted molar refractivity (Wildman–Crippen MR) is 114 cm³/mol. The summed E-state index contributed by atoms with van der Waals surface area (Å²) < 4.78 is 31.9. The lowest BCUT2D eigenvalue weighted by Gasteiger charge is -2.15. The lowest BCUT2D eigenvalue weighted by molar-refractivity contribution is -0.116. The molecule has 0 bridgehead atoms. The molecule has 2 heterocycles. The number of para-hydroxylation sites is 1. The number of nitrogens with zero attached hydrogens (tertiary/aromatic N) is 1. The molecule has 8 heteroatoms. The Morgan fingerprint density at radius 2 is 1.83 bits per heavy atom. The van der Waals surface area contributed by atoms with Crippen molar-refractivity contribution in [1.29, 1.82) is 0 Å². The maximum atomic E-state index is 12.4. The molecule has 0 aliphatic carbocycles. The molecule has 2 aromatic heterocycles. The summed E-state index contributed by atoms with van der Waals surface area (Å²) >= 11 is 1.12. The van der Waals surface area contributed by atoms with Crippen molar-refractivity contribution in [2.75, 3.05) is 18.9 Å². The minimum Gasteiger partial charge on any atom is -0.456 e. The summed E-state index contributed by atoms with van der Waals surface area (Å²) in [5.41, 5.74) is 2.28. The van der Waals surface area contributed by atoms with Gasteiger partial charge >= 0.3 is 0 Å². The Balaban J connectivity index is 1.42. The number of likely N-dealkylation sites (N-methyl/N-ethyl adjacent to an activating group) is 1. The molecule has 4 rings (SSSR count). The lowest BCUT2D eigenvalue weighted by atomic mass is 10.1. The maximum absolute atomic E-state index is 12.4. The number of anilines is 1. The van der Waals surface area contributed by atoms with Gasteiger partial charge in [0.1, 0.15) is 15.6 Å². The first kappa shape index (κ1) is 19.4. The predicted octanol–water partition coefficient (Wildman–Crippen LogP) is 4.42. The fraction of sp³-hybridized carbons (Fsp3) is 0.0952. The van der Waals surface area contributed by atoms with Crippen molar-refractivity contribution in [2.45, 2.75) is 4.21 Å². The van der Waals surface area contributed by atoms with Gasteiger partial charge in [-0.25, -0.2) is 8.42 Å². The fourth-order valence-electron chi connectivity index (χ4n) is 2.89. The van der Waals surface area contributed by atoms with Gasteiger partial charge in [-0.3, -0.25) is 4.79 Å². The second-order valence-electron chi connectivity index (χ2n) is 6.47. The van der Waals surface area contributed by atoms with E-state index < -0.39 is 15.9 Å². The van der Waals surface area contributed by atoms with Crippen molar-refractivity contribution in [2.24, 2.45) is 0 Å². The molecule has 0 fully saturated rings. The van der Waals surface area contributed by atoms with Crippen LogP contribution in [0.1, 0.15) is 0 Å². The summed E-state index contributed by atoms with van der Waals surface area (Å²) in [7, 11) is -2.27. The molecule has 148 valence electrons. The number of fused-ring (bicyclic) bond motifs is 1. The SMILES string of the molecule is CN(CC(=O)Nc1ccc(-c2cc3ccccc3o2)cc1)S(=O)(=O)c1cccs1. The van der Waals surface area contributed by atoms with Crippen molar-refractivity contribution in [3.8, 4) is 11.3 Å². The molecule has 0 aliphatic heterocycles. The van der Waals surface area contributed by atoms with Crippen LogP contribution < -0.4 is 5.32 Å². The number of sulfonamides is 1. The minimum absolute atomic E-state index is 0.211. The van der Waals surface area contributed by atoms with Crippen LogP contribution in [0, 0.1) is 0 Å². The Morgan fingerprint density at radius 3 is 2.52 bits per heavy atom. The number of amides is 1. The van der Waals surface area contributed by atoms with Crippen LogP contribution in [0.15, 0.2) is 80.7 Å². The van der Waals surface area contributed by atoms with Crippen molar-refractivity contribution < 1.29 is 17.6 Å². The Labute approximate surface area is 172 Å². The summed E-state index contributed by atoms with van der Waals surface area (Å²) in [6.07, 6.45) is 0. The zero-order valence-electron chi connectivity index (χ0n) is 15.5. The van der Waals surface area contributed by atoms with Crippen LogP contribution >= 0.6 is 11.3 Å². The fourth-order valence-corrected chi connectivity index (χ4v) is 5.22. The van der Waals surface area contributed by atoms with E-state index in [4.69, 9.17) is 4.42 Å². The topological polar surface area (TPSA) is 79.6 Å². The first-order chi connectivity index (χ1) is 13.9. The molecule has 4 aromatic rings. The molecule has 6 nitrogen and oxygen atoms in total. The van der Waals surface area contributed by atoms with Crippen molar-refractivity contribution in [3.63, 3.8) is 0 Å². The molecule has 0 spiro atoms. The highest BCUT2D eigenvalue weighted by Crippen LogP contribution is 2.28. The number of nitrogens with one attached hydrogen (secondary N) is 1. The number of hydrogen-bond acceptors (Lipinski definition) is 5. The molecular weight excluding hydrogens is 408 g/mol. The van der Waals surface area contributed by atoms with Gasteiger partial charge in [-0.05, 0) is 47.8 Å². The number of benzene rings is 2. The molecule has 0 saturated carbocycles. The van der Waals surface area contributed by atoms with Gasteiger partial charge in [-0.1, -0.05) is 24.3 Å². The average molecular weight is 427 g/mol. The lowest BCUT2D eigenvalue weighted by Crippen LogP contribution is -2.34. The summed E-state index contributed by atoms with van der Waals surface area (Å²) in [6, 6.07) is 20.1. The number of furan rings is 1. The average Bonchev–Trinajstić information content (AvgIpc) is 3.38. The van der Waals surface area contributed by atoms with Gasteiger partial charge in [0.25, 0.3) is 10.0 Å². The molecule has 29 heavy (non-hydrogen) atoms. The molecular formula is C21H18N2O4S2. The monoisotopic (exact) mass is 426 g/mol. The Hall–Kier alpha value is -2.94. The molecule has 0 aliphatic rings. The van der Waals surface area contributed by atoms with Crippen molar-refractivity contribution in [1.82, 2.24) is 4.31 Å². The zero-order chi connectivity index (χ0) is 20.4. The maximum Gasteiger partial charge on any atom is 0.252 e. The first-order valence-corrected chi connectivity index (χ1v) is 11.1. The summed E-state index contributed by atoms with van der Waals surface area (Å²) in [5.74, 6) is 0.329. The standard InChI is InChI=1S/C21H18N2O4S2/c1-23(29(25,26)21-7-4-12-28-21)14-20(24)22-17-10-8-15(9-11-17)19-13-16-5-2-3-6-18(16)27-19/h2-13H,14H2,1H3,(H,22,24). The van der Waals surface area contributed by atoms with Crippen LogP contribution in [0.2, 0.25) is 0 Å². The molecule has 2 aromatic carbocycles. The van der Waals surface area contributed by atoms with Crippen molar-refractivity contribution in [3.05, 3.63) is 72.1 Å². The van der Waals surface area contributed by atoms with E-state index >= 15 is 0 Å². The highest BCUT2D eigenvalue weighted by molar-refractivity contribution is 7.91. The first-order valence-electron chi connectivity index (χ1n) is 8.82. The third kappa shape index (κ3) is 4.09. The summed E-state index contributed by atoms with van der Waals surface area (Å²) in [4.78, 5) is 12.3. The minimum atomic E-state index is -3.66. The highest BCUT2D eigenvalue weighted by Gasteiger charge is 2.23. The molecule has 0 atom stereocenters. The number of thiophene rings is 1. The molecule has 0 radical (unpaired) electrons.